The maximum atomic E-state index is 13.0. The lowest BCUT2D eigenvalue weighted by atomic mass is 10.1. The van der Waals surface area contributed by atoms with E-state index in [-0.39, 0.29) is 17.9 Å². The van der Waals surface area contributed by atoms with Crippen LogP contribution in [0.2, 0.25) is 0 Å². The smallest absolute Gasteiger partial charge is 0.242 e. The van der Waals surface area contributed by atoms with Crippen LogP contribution in [0, 0.1) is 6.92 Å². The molecule has 0 aliphatic carbocycles. The van der Waals surface area contributed by atoms with E-state index in [2.05, 4.69) is 29.6 Å². The van der Waals surface area contributed by atoms with Gasteiger partial charge < -0.3 is 10.2 Å². The molecule has 4 nitrogen and oxygen atoms in total. The summed E-state index contributed by atoms with van der Waals surface area (Å²) in [6, 6.07) is 17.6. The molecule has 2 atom stereocenters. The van der Waals surface area contributed by atoms with Gasteiger partial charge in [0.25, 0.3) is 0 Å². The van der Waals surface area contributed by atoms with E-state index in [1.807, 2.05) is 58.0 Å². The van der Waals surface area contributed by atoms with Crippen molar-refractivity contribution in [2.75, 3.05) is 0 Å². The lowest BCUT2D eigenvalue weighted by molar-refractivity contribution is -0.140. The van der Waals surface area contributed by atoms with E-state index in [4.69, 9.17) is 0 Å². The molecule has 0 aliphatic rings. The van der Waals surface area contributed by atoms with Gasteiger partial charge in [-0.25, -0.2) is 0 Å². The largest absolute Gasteiger partial charge is 0.352 e. The minimum Gasteiger partial charge on any atom is -0.352 e. The molecule has 0 aromatic heterocycles. The first-order chi connectivity index (χ1) is 13.4. The fourth-order valence-electron chi connectivity index (χ4n) is 2.98. The second kappa shape index (κ2) is 10.6. The highest BCUT2D eigenvalue weighted by atomic mass is 16.2. The highest BCUT2D eigenvalue weighted by molar-refractivity contribution is 5.87. The number of hydrogen-bond acceptors (Lipinski definition) is 2. The molecule has 28 heavy (non-hydrogen) atoms. The predicted molar refractivity (Wildman–Crippen MR) is 114 cm³/mol. The summed E-state index contributed by atoms with van der Waals surface area (Å²) in [5, 5.41) is 3.00. The maximum Gasteiger partial charge on any atom is 0.242 e. The van der Waals surface area contributed by atoms with Crippen molar-refractivity contribution in [1.29, 1.82) is 0 Å². The molecule has 2 rings (SSSR count). The maximum absolute atomic E-state index is 13.0. The van der Waals surface area contributed by atoms with Gasteiger partial charge in [0.05, 0.1) is 0 Å². The third kappa shape index (κ3) is 6.52. The molecule has 0 fully saturated rings. The van der Waals surface area contributed by atoms with E-state index in [0.29, 0.717) is 19.4 Å². The van der Waals surface area contributed by atoms with Crippen LogP contribution in [-0.2, 0) is 22.6 Å². The van der Waals surface area contributed by atoms with Gasteiger partial charge in [-0.2, -0.15) is 0 Å². The number of carbonyl (C=O) groups is 2. The fourth-order valence-corrected chi connectivity index (χ4v) is 2.98. The number of nitrogens with one attached hydrogen (secondary N) is 1. The molecule has 2 amide bonds. The van der Waals surface area contributed by atoms with Gasteiger partial charge in [-0.1, -0.05) is 67.1 Å². The van der Waals surface area contributed by atoms with Crippen molar-refractivity contribution < 1.29 is 9.59 Å². The van der Waals surface area contributed by atoms with Crippen LogP contribution >= 0.6 is 0 Å². The zero-order chi connectivity index (χ0) is 20.5. The van der Waals surface area contributed by atoms with Gasteiger partial charge in [0.2, 0.25) is 11.8 Å². The number of rotatable bonds is 9. The zero-order valence-electron chi connectivity index (χ0n) is 17.4. The van der Waals surface area contributed by atoms with Crippen LogP contribution in [0.5, 0.6) is 0 Å². The summed E-state index contributed by atoms with van der Waals surface area (Å²) in [4.78, 5) is 27.4. The van der Waals surface area contributed by atoms with Crippen molar-refractivity contribution >= 4 is 11.8 Å². The first-order valence-corrected chi connectivity index (χ1v) is 10.1. The molecule has 2 unspecified atom stereocenters. The van der Waals surface area contributed by atoms with Gasteiger partial charge in [0.15, 0.2) is 0 Å². The summed E-state index contributed by atoms with van der Waals surface area (Å²) >= 11 is 0. The number of hydrogen-bond donors (Lipinski definition) is 1. The number of carbonyl (C=O) groups excluding carboxylic acids is 2. The molecule has 0 heterocycles. The molecule has 1 N–H and O–H groups in total. The van der Waals surface area contributed by atoms with Gasteiger partial charge in [-0.15, -0.1) is 0 Å². The van der Waals surface area contributed by atoms with Crippen LogP contribution < -0.4 is 5.32 Å². The summed E-state index contributed by atoms with van der Waals surface area (Å²) in [7, 11) is 0. The van der Waals surface area contributed by atoms with Gasteiger partial charge in [-0.3, -0.25) is 9.59 Å². The zero-order valence-corrected chi connectivity index (χ0v) is 17.4. The fraction of sp³-hybridized carbons (Fsp3) is 0.417. The Kier molecular flexibility index (Phi) is 8.24. The van der Waals surface area contributed by atoms with Crippen LogP contribution in [0.25, 0.3) is 0 Å². The van der Waals surface area contributed by atoms with Gasteiger partial charge in [0.1, 0.15) is 6.04 Å². The predicted octanol–water partition coefficient (Wildman–Crippen LogP) is 4.26. The van der Waals surface area contributed by atoms with E-state index in [0.717, 1.165) is 17.5 Å². The Morgan fingerprint density at radius 3 is 2.21 bits per heavy atom. The Hall–Kier alpha value is -2.62. The van der Waals surface area contributed by atoms with Crippen molar-refractivity contribution in [2.45, 2.75) is 65.6 Å². The molecule has 2 aromatic rings. The highest BCUT2D eigenvalue weighted by Gasteiger charge is 2.26. The summed E-state index contributed by atoms with van der Waals surface area (Å²) < 4.78 is 0. The summed E-state index contributed by atoms with van der Waals surface area (Å²) in [5.74, 6) is -0.106. The van der Waals surface area contributed by atoms with E-state index in [9.17, 15) is 9.59 Å². The molecule has 0 radical (unpaired) electrons. The molecule has 0 saturated carbocycles. The lowest BCUT2D eigenvalue weighted by Crippen LogP contribution is -2.49. The van der Waals surface area contributed by atoms with Crippen molar-refractivity contribution in [1.82, 2.24) is 10.2 Å². The molecule has 0 bridgehead atoms. The first-order valence-electron chi connectivity index (χ1n) is 10.1. The van der Waals surface area contributed by atoms with Crippen molar-refractivity contribution in [3.8, 4) is 0 Å². The average molecular weight is 381 g/mol. The first kappa shape index (κ1) is 21.7. The van der Waals surface area contributed by atoms with E-state index in [1.165, 1.54) is 5.56 Å². The van der Waals surface area contributed by atoms with E-state index >= 15 is 0 Å². The van der Waals surface area contributed by atoms with Crippen molar-refractivity contribution in [3.63, 3.8) is 0 Å². The Morgan fingerprint density at radius 2 is 1.61 bits per heavy atom. The third-order valence-corrected chi connectivity index (χ3v) is 5.11. The van der Waals surface area contributed by atoms with Crippen LogP contribution in [-0.4, -0.2) is 28.8 Å². The van der Waals surface area contributed by atoms with Crippen molar-refractivity contribution in [2.24, 2.45) is 0 Å². The van der Waals surface area contributed by atoms with E-state index in [1.54, 1.807) is 4.90 Å². The summed E-state index contributed by atoms with van der Waals surface area (Å²) in [6.45, 7) is 8.30. The molecule has 0 aliphatic heterocycles. The molecule has 0 saturated heterocycles. The number of aryl methyl sites for hydroxylation is 2. The van der Waals surface area contributed by atoms with Crippen LogP contribution in [0.15, 0.2) is 54.6 Å². The van der Waals surface area contributed by atoms with Gasteiger partial charge >= 0.3 is 0 Å². The van der Waals surface area contributed by atoms with Gasteiger partial charge in [0, 0.05) is 19.0 Å². The molecule has 0 spiro atoms. The highest BCUT2D eigenvalue weighted by Crippen LogP contribution is 2.13. The Balaban J connectivity index is 2.10. The minimum absolute atomic E-state index is 0.00349. The van der Waals surface area contributed by atoms with Crippen molar-refractivity contribution in [3.05, 3.63) is 71.3 Å². The topological polar surface area (TPSA) is 49.4 Å². The molecule has 2 aromatic carbocycles. The minimum atomic E-state index is -0.514. The molecular formula is C24H32N2O2. The quantitative estimate of drug-likeness (QED) is 0.707. The van der Waals surface area contributed by atoms with Crippen LogP contribution in [0.3, 0.4) is 0 Å². The summed E-state index contributed by atoms with van der Waals surface area (Å²) in [5.41, 5.74) is 3.36. The summed E-state index contributed by atoms with van der Waals surface area (Å²) in [6.07, 6.45) is 1.92. The van der Waals surface area contributed by atoms with Crippen LogP contribution in [0.4, 0.5) is 0 Å². The Morgan fingerprint density at radius 1 is 0.964 bits per heavy atom. The van der Waals surface area contributed by atoms with Gasteiger partial charge in [-0.05, 0) is 44.7 Å². The number of nitrogens with zero attached hydrogens (tertiary/aromatic N) is 1. The third-order valence-electron chi connectivity index (χ3n) is 5.11. The standard InChI is InChI=1S/C24H32N2O2/c1-5-19(3)25-24(28)20(4)26(17-22-9-7-6-8-10-22)23(27)16-15-21-13-11-18(2)12-14-21/h6-14,19-20H,5,15-17H2,1-4H3,(H,25,28). The molecular weight excluding hydrogens is 348 g/mol. The SMILES string of the molecule is CCC(C)NC(=O)C(C)N(Cc1ccccc1)C(=O)CCc1ccc(C)cc1. The number of benzene rings is 2. The normalized spacial score (nSPS) is 12.9. The van der Waals surface area contributed by atoms with Crippen LogP contribution in [0.1, 0.15) is 50.3 Å². The Labute approximate surface area is 169 Å². The lowest BCUT2D eigenvalue weighted by Gasteiger charge is -2.29. The molecule has 150 valence electrons. The molecule has 4 heteroatoms. The number of amides is 2. The second-order valence-corrected chi connectivity index (χ2v) is 7.49. The van der Waals surface area contributed by atoms with E-state index < -0.39 is 6.04 Å². The average Bonchev–Trinajstić information content (AvgIpc) is 2.71. The second-order valence-electron chi connectivity index (χ2n) is 7.49. The monoisotopic (exact) mass is 380 g/mol. The Bertz CT molecular complexity index is 756.